The van der Waals surface area contributed by atoms with Crippen molar-refractivity contribution in [2.45, 2.75) is 125 Å². The molecule has 43 heavy (non-hydrogen) atoms. The van der Waals surface area contributed by atoms with Crippen molar-refractivity contribution in [1.82, 2.24) is 10.3 Å². The Morgan fingerprint density at radius 3 is 2.42 bits per heavy atom. The zero-order chi connectivity index (χ0) is 31.4. The summed E-state index contributed by atoms with van der Waals surface area (Å²) in [7, 11) is 1.90. The standard InChI is InChI=1S/C37H57N3O3/c1-23(2)25(4)32-27-10-11-30-35(7,16-13-29-34(5,6)31(43-9)14-17-36(29,30)8)28(27)12-18-37(32,19-21-41)40-33(42)39-26-15-20-38-24(3)22-26/h15,20-23,27-31H,10-14,16-19H2,1-9H3,(H2,38,39,40,42)/b32-25+. The molecule has 8 atom stereocenters. The topological polar surface area (TPSA) is 80.3 Å². The van der Waals surface area contributed by atoms with Gasteiger partial charge >= 0.3 is 6.03 Å². The lowest BCUT2D eigenvalue weighted by molar-refractivity contribution is -0.206. The van der Waals surface area contributed by atoms with Gasteiger partial charge in [0.2, 0.25) is 0 Å². The minimum Gasteiger partial charge on any atom is -0.381 e. The van der Waals surface area contributed by atoms with E-state index in [4.69, 9.17) is 4.74 Å². The SMILES string of the molecule is COC1CCC2(C)C(CCC3(C)C4CCC(CC=O)(NC(=O)Nc5ccnc(C)c5)/C(=C(\C)C(C)C)C4CCC32)C1(C)C. The molecular formula is C37H57N3O3. The Morgan fingerprint density at radius 1 is 1.05 bits per heavy atom. The summed E-state index contributed by atoms with van der Waals surface area (Å²) in [6.07, 6.45) is 12.5. The second-order valence-corrected chi connectivity index (χ2v) is 16.0. The van der Waals surface area contributed by atoms with Crippen LogP contribution in [0.4, 0.5) is 10.5 Å². The number of fused-ring (bicyclic) bond motifs is 5. The van der Waals surface area contributed by atoms with Gasteiger partial charge in [0, 0.05) is 31.1 Å². The molecule has 0 saturated heterocycles. The van der Waals surface area contributed by atoms with Crippen LogP contribution in [0.1, 0.15) is 112 Å². The fourth-order valence-corrected chi connectivity index (χ4v) is 11.4. The molecule has 6 heteroatoms. The van der Waals surface area contributed by atoms with Crippen molar-refractivity contribution in [3.63, 3.8) is 0 Å². The Balaban J connectivity index is 1.49. The maximum absolute atomic E-state index is 13.6. The number of aldehydes is 1. The third-order valence-corrected chi connectivity index (χ3v) is 13.4. The van der Waals surface area contributed by atoms with Crippen molar-refractivity contribution in [3.05, 3.63) is 35.2 Å². The Kier molecular flexibility index (Phi) is 8.70. The molecule has 0 radical (unpaired) electrons. The van der Waals surface area contributed by atoms with E-state index in [1.165, 1.54) is 36.8 Å². The first kappa shape index (κ1) is 32.2. The van der Waals surface area contributed by atoms with Gasteiger partial charge in [0.05, 0.1) is 11.6 Å². The van der Waals surface area contributed by atoms with Crippen molar-refractivity contribution in [1.29, 1.82) is 0 Å². The number of hydrogen-bond acceptors (Lipinski definition) is 4. The minimum atomic E-state index is -0.660. The molecule has 1 aromatic rings. The molecule has 4 fully saturated rings. The number of carbonyl (C=O) groups excluding carboxylic acids is 2. The van der Waals surface area contributed by atoms with Crippen molar-refractivity contribution in [2.24, 2.45) is 45.8 Å². The Labute approximate surface area is 260 Å². The van der Waals surface area contributed by atoms with E-state index in [0.717, 1.165) is 43.4 Å². The predicted molar refractivity (Wildman–Crippen MR) is 174 cm³/mol. The van der Waals surface area contributed by atoms with E-state index in [2.05, 4.69) is 64.1 Å². The first-order chi connectivity index (χ1) is 20.2. The quantitative estimate of drug-likeness (QED) is 0.257. The van der Waals surface area contributed by atoms with E-state index in [1.807, 2.05) is 26.2 Å². The van der Waals surface area contributed by atoms with Crippen LogP contribution in [-0.2, 0) is 9.53 Å². The maximum Gasteiger partial charge on any atom is 0.319 e. The number of amides is 2. The lowest BCUT2D eigenvalue weighted by Crippen LogP contribution is -2.64. The third kappa shape index (κ3) is 5.27. The molecule has 4 saturated carbocycles. The van der Waals surface area contributed by atoms with Crippen molar-refractivity contribution in [3.8, 4) is 0 Å². The number of hydrogen-bond donors (Lipinski definition) is 2. The molecule has 0 bridgehead atoms. The van der Waals surface area contributed by atoms with Crippen molar-refractivity contribution < 1.29 is 14.3 Å². The Bertz CT molecular complexity index is 1260. The van der Waals surface area contributed by atoms with Gasteiger partial charge < -0.3 is 20.2 Å². The van der Waals surface area contributed by atoms with Crippen LogP contribution in [0.3, 0.4) is 0 Å². The van der Waals surface area contributed by atoms with E-state index in [0.29, 0.717) is 47.5 Å². The monoisotopic (exact) mass is 591 g/mol. The van der Waals surface area contributed by atoms with Gasteiger partial charge in [-0.25, -0.2) is 4.79 Å². The first-order valence-electron chi connectivity index (χ1n) is 16.9. The summed E-state index contributed by atoms with van der Waals surface area (Å²) in [5.74, 6) is 2.63. The van der Waals surface area contributed by atoms with Crippen molar-refractivity contribution >= 4 is 18.0 Å². The fourth-order valence-electron chi connectivity index (χ4n) is 11.4. The van der Waals surface area contributed by atoms with E-state index >= 15 is 0 Å². The lowest BCUT2D eigenvalue weighted by atomic mass is 9.36. The number of nitrogens with zero attached hydrogens (tertiary/aromatic N) is 1. The molecule has 2 N–H and O–H groups in total. The van der Waals surface area contributed by atoms with Crippen LogP contribution in [0, 0.1) is 52.8 Å². The number of aryl methyl sites for hydroxylation is 1. The smallest absolute Gasteiger partial charge is 0.319 e. The summed E-state index contributed by atoms with van der Waals surface area (Å²) >= 11 is 0. The highest BCUT2D eigenvalue weighted by atomic mass is 16.5. The summed E-state index contributed by atoms with van der Waals surface area (Å²) in [5.41, 5.74) is 4.34. The second-order valence-electron chi connectivity index (χ2n) is 16.0. The highest BCUT2D eigenvalue weighted by Gasteiger charge is 2.65. The van der Waals surface area contributed by atoms with Crippen LogP contribution in [0.15, 0.2) is 29.5 Å². The number of anilines is 1. The maximum atomic E-state index is 13.6. The van der Waals surface area contributed by atoms with Crippen LogP contribution >= 0.6 is 0 Å². The van der Waals surface area contributed by atoms with Gasteiger partial charge in [-0.2, -0.15) is 0 Å². The lowest BCUT2D eigenvalue weighted by Gasteiger charge is -2.69. The highest BCUT2D eigenvalue weighted by Crippen LogP contribution is 2.71. The average molecular weight is 592 g/mol. The zero-order valence-corrected chi connectivity index (χ0v) is 28.3. The number of rotatable bonds is 6. The zero-order valence-electron chi connectivity index (χ0n) is 28.3. The normalized spacial score (nSPS) is 39.6. The summed E-state index contributed by atoms with van der Waals surface area (Å²) in [4.78, 5) is 30.2. The van der Waals surface area contributed by atoms with Crippen LogP contribution in [-0.4, -0.2) is 36.1 Å². The Morgan fingerprint density at radius 2 is 1.77 bits per heavy atom. The van der Waals surface area contributed by atoms with Gasteiger partial charge in [-0.15, -0.1) is 0 Å². The second kappa shape index (κ2) is 11.6. The number of aromatic nitrogens is 1. The van der Waals surface area contributed by atoms with E-state index in [1.54, 1.807) is 6.20 Å². The van der Waals surface area contributed by atoms with Crippen LogP contribution in [0.2, 0.25) is 0 Å². The summed E-state index contributed by atoms with van der Waals surface area (Å²) in [5, 5.41) is 6.45. The molecule has 0 aromatic carbocycles. The fraction of sp³-hybridized carbons (Fsp3) is 0.757. The summed E-state index contributed by atoms with van der Waals surface area (Å²) in [6.45, 7) is 18.9. The van der Waals surface area contributed by atoms with E-state index in [-0.39, 0.29) is 16.9 Å². The highest BCUT2D eigenvalue weighted by molar-refractivity contribution is 5.90. The summed E-state index contributed by atoms with van der Waals surface area (Å²) in [6, 6.07) is 3.44. The molecule has 6 nitrogen and oxygen atoms in total. The van der Waals surface area contributed by atoms with Gasteiger partial charge in [-0.1, -0.05) is 47.1 Å². The number of ether oxygens (including phenoxy) is 1. The van der Waals surface area contributed by atoms with Gasteiger partial charge in [-0.05, 0) is 129 Å². The van der Waals surface area contributed by atoms with Crippen LogP contribution < -0.4 is 10.6 Å². The molecule has 238 valence electrons. The number of methoxy groups -OCH3 is 1. The number of carbonyl (C=O) groups is 2. The molecule has 4 aliphatic rings. The molecule has 0 spiro atoms. The number of urea groups is 1. The predicted octanol–water partition coefficient (Wildman–Crippen LogP) is 8.51. The number of nitrogens with one attached hydrogen (secondary N) is 2. The molecule has 1 heterocycles. The molecule has 4 aliphatic carbocycles. The molecule has 5 rings (SSSR count). The average Bonchev–Trinajstić information content (AvgIpc) is 2.92. The van der Waals surface area contributed by atoms with Crippen LogP contribution in [0.25, 0.3) is 0 Å². The van der Waals surface area contributed by atoms with Gasteiger partial charge in [0.25, 0.3) is 0 Å². The Hall–Kier alpha value is -2.21. The summed E-state index contributed by atoms with van der Waals surface area (Å²) < 4.78 is 6.05. The molecule has 1 aromatic heterocycles. The van der Waals surface area contributed by atoms with Gasteiger partial charge in [0.15, 0.2) is 0 Å². The third-order valence-electron chi connectivity index (χ3n) is 13.4. The van der Waals surface area contributed by atoms with Crippen LogP contribution in [0.5, 0.6) is 0 Å². The van der Waals surface area contributed by atoms with Gasteiger partial charge in [-0.3, -0.25) is 4.98 Å². The minimum absolute atomic E-state index is 0.176. The number of allylic oxidation sites excluding steroid dienone is 1. The molecular weight excluding hydrogens is 534 g/mol. The molecule has 0 aliphatic heterocycles. The van der Waals surface area contributed by atoms with Gasteiger partial charge in [0.1, 0.15) is 6.29 Å². The largest absolute Gasteiger partial charge is 0.381 e. The molecule has 2 amide bonds. The van der Waals surface area contributed by atoms with Crippen molar-refractivity contribution in [2.75, 3.05) is 12.4 Å². The molecule has 8 unspecified atom stereocenters. The number of pyridine rings is 1. The van der Waals surface area contributed by atoms with E-state index < -0.39 is 5.54 Å². The van der Waals surface area contributed by atoms with E-state index in [9.17, 15) is 9.59 Å². The first-order valence-corrected chi connectivity index (χ1v) is 16.9.